The van der Waals surface area contributed by atoms with E-state index in [-0.39, 0.29) is 18.9 Å². The van der Waals surface area contributed by atoms with Crippen LogP contribution < -0.4 is 5.32 Å². The van der Waals surface area contributed by atoms with Crippen LogP contribution in [0.2, 0.25) is 0 Å². The van der Waals surface area contributed by atoms with Gasteiger partial charge in [-0.15, -0.1) is 0 Å². The highest BCUT2D eigenvalue weighted by molar-refractivity contribution is 5.84. The van der Waals surface area contributed by atoms with E-state index in [0.717, 1.165) is 25.9 Å². The van der Waals surface area contributed by atoms with Crippen LogP contribution in [0.15, 0.2) is 24.3 Å². The fraction of sp³-hybridized carbons (Fsp3) is 0.500. The van der Waals surface area contributed by atoms with E-state index in [1.54, 1.807) is 6.07 Å². The van der Waals surface area contributed by atoms with Gasteiger partial charge in [-0.1, -0.05) is 18.6 Å². The Balaban J connectivity index is 1.90. The topological polar surface area (TPSA) is 69.6 Å². The summed E-state index contributed by atoms with van der Waals surface area (Å²) in [5, 5.41) is 11.8. The van der Waals surface area contributed by atoms with Crippen molar-refractivity contribution in [2.75, 3.05) is 19.6 Å². The summed E-state index contributed by atoms with van der Waals surface area (Å²) in [6.07, 6.45) is 3.38. The Morgan fingerprint density at radius 3 is 2.64 bits per heavy atom. The van der Waals surface area contributed by atoms with Crippen LogP contribution in [0.3, 0.4) is 0 Å². The first-order valence-corrected chi connectivity index (χ1v) is 7.53. The van der Waals surface area contributed by atoms with Crippen molar-refractivity contribution in [2.24, 2.45) is 0 Å². The number of nitrogens with one attached hydrogen (secondary N) is 1. The van der Waals surface area contributed by atoms with Crippen molar-refractivity contribution >= 4 is 11.9 Å². The minimum atomic E-state index is -1.11. The van der Waals surface area contributed by atoms with Crippen LogP contribution >= 0.6 is 0 Å². The average Bonchev–Trinajstić information content (AvgIpc) is 2.47. The summed E-state index contributed by atoms with van der Waals surface area (Å²) in [6, 6.07) is 4.72. The third kappa shape index (κ3) is 5.11. The molecular weight excluding hydrogens is 287 g/mol. The zero-order valence-electron chi connectivity index (χ0n) is 12.4. The van der Waals surface area contributed by atoms with Gasteiger partial charge in [-0.2, -0.15) is 0 Å². The first kappa shape index (κ1) is 16.4. The lowest BCUT2D eigenvalue weighted by Gasteiger charge is -2.26. The average molecular weight is 308 g/mol. The molecule has 1 heterocycles. The lowest BCUT2D eigenvalue weighted by Crippen LogP contribution is -2.47. The number of carboxylic acid groups (broad SMARTS) is 1. The van der Waals surface area contributed by atoms with E-state index in [4.69, 9.17) is 0 Å². The number of carbonyl (C=O) groups is 2. The van der Waals surface area contributed by atoms with Crippen LogP contribution in [0.1, 0.15) is 24.8 Å². The van der Waals surface area contributed by atoms with Gasteiger partial charge in [0, 0.05) is 6.42 Å². The SMILES string of the molecule is O=C(CN1CCCCC1)NC(Cc1cccc(F)c1)C(=O)O. The highest BCUT2D eigenvalue weighted by Crippen LogP contribution is 2.09. The van der Waals surface area contributed by atoms with Crippen LogP contribution in [0.4, 0.5) is 4.39 Å². The van der Waals surface area contributed by atoms with Gasteiger partial charge in [0.1, 0.15) is 11.9 Å². The molecule has 1 unspecified atom stereocenters. The van der Waals surface area contributed by atoms with Crippen LogP contribution in [-0.2, 0) is 16.0 Å². The summed E-state index contributed by atoms with van der Waals surface area (Å²) in [5.41, 5.74) is 0.547. The Labute approximate surface area is 129 Å². The van der Waals surface area contributed by atoms with Gasteiger partial charge in [-0.25, -0.2) is 9.18 Å². The number of nitrogens with zero attached hydrogens (tertiary/aromatic N) is 1. The molecule has 2 rings (SSSR count). The van der Waals surface area contributed by atoms with E-state index < -0.39 is 17.8 Å². The number of aliphatic carboxylic acids is 1. The Morgan fingerprint density at radius 1 is 1.27 bits per heavy atom. The van der Waals surface area contributed by atoms with E-state index in [9.17, 15) is 19.1 Å². The maximum Gasteiger partial charge on any atom is 0.326 e. The predicted molar refractivity (Wildman–Crippen MR) is 80.0 cm³/mol. The molecule has 1 fully saturated rings. The van der Waals surface area contributed by atoms with Gasteiger partial charge in [0.05, 0.1) is 6.54 Å². The van der Waals surface area contributed by atoms with Gasteiger partial charge < -0.3 is 10.4 Å². The third-order valence-corrected chi connectivity index (χ3v) is 3.78. The summed E-state index contributed by atoms with van der Waals surface area (Å²) in [4.78, 5) is 25.3. The molecule has 1 aliphatic heterocycles. The lowest BCUT2D eigenvalue weighted by atomic mass is 10.1. The minimum Gasteiger partial charge on any atom is -0.480 e. The number of piperidine rings is 1. The second-order valence-electron chi connectivity index (χ2n) is 5.63. The van der Waals surface area contributed by atoms with Crippen molar-refractivity contribution in [3.8, 4) is 0 Å². The zero-order chi connectivity index (χ0) is 15.9. The molecule has 6 heteroatoms. The fourth-order valence-electron chi connectivity index (χ4n) is 2.66. The van der Waals surface area contributed by atoms with E-state index in [0.29, 0.717) is 5.56 Å². The highest BCUT2D eigenvalue weighted by atomic mass is 19.1. The molecule has 1 saturated heterocycles. The van der Waals surface area contributed by atoms with Crippen molar-refractivity contribution in [3.63, 3.8) is 0 Å². The zero-order valence-corrected chi connectivity index (χ0v) is 12.4. The Hall–Kier alpha value is -1.95. The predicted octanol–water partition coefficient (Wildman–Crippen LogP) is 1.42. The smallest absolute Gasteiger partial charge is 0.326 e. The Kier molecular flexibility index (Phi) is 5.89. The van der Waals surface area contributed by atoms with Gasteiger partial charge >= 0.3 is 5.97 Å². The van der Waals surface area contributed by atoms with Crippen LogP contribution in [0, 0.1) is 5.82 Å². The molecule has 2 N–H and O–H groups in total. The second kappa shape index (κ2) is 7.89. The standard InChI is InChI=1S/C16H21FN2O3/c17-13-6-4-5-12(9-13)10-14(16(21)22)18-15(20)11-19-7-2-1-3-8-19/h4-6,9,14H,1-3,7-8,10-11H2,(H,18,20)(H,21,22). The number of rotatable bonds is 6. The molecule has 1 aromatic carbocycles. The molecule has 1 amide bonds. The van der Waals surface area contributed by atoms with Crippen LogP contribution in [0.5, 0.6) is 0 Å². The number of hydrogen-bond donors (Lipinski definition) is 2. The molecule has 22 heavy (non-hydrogen) atoms. The third-order valence-electron chi connectivity index (χ3n) is 3.78. The van der Waals surface area contributed by atoms with E-state index in [1.165, 1.54) is 24.6 Å². The van der Waals surface area contributed by atoms with Gasteiger partial charge in [-0.3, -0.25) is 9.69 Å². The molecule has 0 bridgehead atoms. The number of benzene rings is 1. The first-order chi connectivity index (χ1) is 10.5. The Bertz CT molecular complexity index is 530. The van der Waals surface area contributed by atoms with Crippen molar-refractivity contribution in [3.05, 3.63) is 35.6 Å². The lowest BCUT2D eigenvalue weighted by molar-refractivity contribution is -0.142. The summed E-state index contributed by atoms with van der Waals surface area (Å²) in [6.45, 7) is 1.96. The number of carbonyl (C=O) groups excluding carboxylic acids is 1. The molecule has 1 atom stereocenters. The largest absolute Gasteiger partial charge is 0.480 e. The summed E-state index contributed by atoms with van der Waals surface area (Å²) >= 11 is 0. The molecule has 0 radical (unpaired) electrons. The fourth-order valence-corrected chi connectivity index (χ4v) is 2.66. The number of hydrogen-bond acceptors (Lipinski definition) is 3. The second-order valence-corrected chi connectivity index (χ2v) is 5.63. The molecule has 5 nitrogen and oxygen atoms in total. The van der Waals surface area contributed by atoms with Gasteiger partial charge in [0.25, 0.3) is 0 Å². The Morgan fingerprint density at radius 2 is 2.00 bits per heavy atom. The van der Waals surface area contributed by atoms with Crippen molar-refractivity contribution in [1.29, 1.82) is 0 Å². The van der Waals surface area contributed by atoms with E-state index in [1.807, 2.05) is 4.90 Å². The molecular formula is C16H21FN2O3. The normalized spacial score (nSPS) is 17.0. The van der Waals surface area contributed by atoms with Crippen molar-refractivity contribution in [1.82, 2.24) is 10.2 Å². The number of likely N-dealkylation sites (tertiary alicyclic amines) is 1. The van der Waals surface area contributed by atoms with Crippen LogP contribution in [-0.4, -0.2) is 47.6 Å². The van der Waals surface area contributed by atoms with Gasteiger partial charge in [0.2, 0.25) is 5.91 Å². The summed E-state index contributed by atoms with van der Waals surface area (Å²) < 4.78 is 13.1. The number of amides is 1. The molecule has 0 spiro atoms. The quantitative estimate of drug-likeness (QED) is 0.834. The maximum atomic E-state index is 13.1. The van der Waals surface area contributed by atoms with E-state index >= 15 is 0 Å². The van der Waals surface area contributed by atoms with Crippen molar-refractivity contribution in [2.45, 2.75) is 31.7 Å². The molecule has 120 valence electrons. The van der Waals surface area contributed by atoms with Gasteiger partial charge in [0.15, 0.2) is 0 Å². The molecule has 0 aromatic heterocycles. The van der Waals surface area contributed by atoms with Crippen molar-refractivity contribution < 1.29 is 19.1 Å². The van der Waals surface area contributed by atoms with Gasteiger partial charge in [-0.05, 0) is 43.6 Å². The number of halogens is 1. The molecule has 0 aliphatic carbocycles. The maximum absolute atomic E-state index is 13.1. The van der Waals surface area contributed by atoms with Crippen LogP contribution in [0.25, 0.3) is 0 Å². The highest BCUT2D eigenvalue weighted by Gasteiger charge is 2.22. The molecule has 1 aromatic rings. The summed E-state index contributed by atoms with van der Waals surface area (Å²) in [7, 11) is 0. The number of carboxylic acids is 1. The minimum absolute atomic E-state index is 0.0683. The molecule has 0 saturated carbocycles. The molecule has 1 aliphatic rings. The van der Waals surface area contributed by atoms with E-state index in [2.05, 4.69) is 5.32 Å². The monoisotopic (exact) mass is 308 g/mol. The summed E-state index contributed by atoms with van der Waals surface area (Å²) in [5.74, 6) is -1.83. The first-order valence-electron chi connectivity index (χ1n) is 7.53.